The van der Waals surface area contributed by atoms with Gasteiger partial charge < -0.3 is 5.11 Å². The van der Waals surface area contributed by atoms with Crippen LogP contribution < -0.4 is 0 Å². The Hall–Kier alpha value is -1.11. The van der Waals surface area contributed by atoms with E-state index in [4.69, 9.17) is 0 Å². The third kappa shape index (κ3) is 3.08. The first-order chi connectivity index (χ1) is 8.91. The van der Waals surface area contributed by atoms with Crippen molar-refractivity contribution < 1.29 is 13.5 Å². The van der Waals surface area contributed by atoms with Crippen molar-refractivity contribution in [2.45, 2.75) is 24.8 Å². The number of piperazine rings is 1. The van der Waals surface area contributed by atoms with Gasteiger partial charge in [-0.3, -0.25) is 4.90 Å². The van der Waals surface area contributed by atoms with Gasteiger partial charge in [0.05, 0.1) is 4.90 Å². The summed E-state index contributed by atoms with van der Waals surface area (Å²) in [5.74, 6) is -0.0260. The molecule has 19 heavy (non-hydrogen) atoms. The Balaban J connectivity index is 2.14. The summed E-state index contributed by atoms with van der Waals surface area (Å²) in [6.07, 6.45) is 0. The van der Waals surface area contributed by atoms with Gasteiger partial charge in [-0.25, -0.2) is 8.42 Å². The van der Waals surface area contributed by atoms with Crippen LogP contribution in [0.25, 0.3) is 0 Å². The van der Waals surface area contributed by atoms with Crippen molar-refractivity contribution >= 4 is 10.0 Å². The minimum absolute atomic E-state index is 0.0260. The molecule has 5 nitrogen and oxygen atoms in total. The Labute approximate surface area is 114 Å². The van der Waals surface area contributed by atoms with Crippen LogP contribution in [0.3, 0.4) is 0 Å². The molecule has 0 bridgehead atoms. The zero-order chi connectivity index (χ0) is 14.0. The lowest BCUT2D eigenvalue weighted by atomic mass is 10.3. The summed E-state index contributed by atoms with van der Waals surface area (Å²) in [5.41, 5.74) is 0. The minimum Gasteiger partial charge on any atom is -0.508 e. The Morgan fingerprint density at radius 3 is 2.32 bits per heavy atom. The van der Waals surface area contributed by atoms with Crippen molar-refractivity contribution in [3.63, 3.8) is 0 Å². The fourth-order valence-corrected chi connectivity index (χ4v) is 3.72. The van der Waals surface area contributed by atoms with Crippen LogP contribution in [0.1, 0.15) is 13.8 Å². The van der Waals surface area contributed by atoms with Gasteiger partial charge in [-0.15, -0.1) is 0 Å². The summed E-state index contributed by atoms with van der Waals surface area (Å²) < 4.78 is 26.3. The number of hydrogen-bond donors (Lipinski definition) is 1. The Morgan fingerprint density at radius 2 is 1.79 bits per heavy atom. The average Bonchev–Trinajstić information content (AvgIpc) is 2.39. The number of phenolic OH excluding ortho intramolecular Hbond substituents is 1. The van der Waals surface area contributed by atoms with Crippen LogP contribution in [-0.4, -0.2) is 55.0 Å². The molecule has 1 heterocycles. The second-order valence-electron chi connectivity index (χ2n) is 5.03. The van der Waals surface area contributed by atoms with Gasteiger partial charge in [0.2, 0.25) is 10.0 Å². The number of hydrogen-bond acceptors (Lipinski definition) is 4. The molecule has 0 radical (unpaired) electrons. The monoisotopic (exact) mass is 284 g/mol. The molecule has 1 aliphatic heterocycles. The second kappa shape index (κ2) is 5.48. The summed E-state index contributed by atoms with van der Waals surface area (Å²) in [6.45, 7) is 6.70. The van der Waals surface area contributed by atoms with E-state index >= 15 is 0 Å². The van der Waals surface area contributed by atoms with Gasteiger partial charge in [-0.2, -0.15) is 4.31 Å². The molecule has 1 aromatic rings. The lowest BCUT2D eigenvalue weighted by molar-refractivity contribution is 0.154. The number of aromatic hydroxyl groups is 1. The largest absolute Gasteiger partial charge is 0.508 e. The first-order valence-electron chi connectivity index (χ1n) is 6.44. The molecule has 0 amide bonds. The van der Waals surface area contributed by atoms with E-state index in [-0.39, 0.29) is 10.6 Å². The highest BCUT2D eigenvalue weighted by atomic mass is 32.2. The highest BCUT2D eigenvalue weighted by molar-refractivity contribution is 7.89. The van der Waals surface area contributed by atoms with Crippen LogP contribution in [0.15, 0.2) is 29.2 Å². The Bertz CT molecular complexity index is 535. The van der Waals surface area contributed by atoms with E-state index in [0.717, 1.165) is 13.1 Å². The number of benzene rings is 1. The Morgan fingerprint density at radius 1 is 1.16 bits per heavy atom. The molecule has 0 aromatic heterocycles. The first kappa shape index (κ1) is 14.3. The second-order valence-corrected chi connectivity index (χ2v) is 6.97. The molecule has 0 spiro atoms. The third-order valence-electron chi connectivity index (χ3n) is 3.46. The molecule has 6 heteroatoms. The number of nitrogens with zero attached hydrogens (tertiary/aromatic N) is 2. The molecule has 1 fully saturated rings. The van der Waals surface area contributed by atoms with Gasteiger partial charge in [-0.1, -0.05) is 6.07 Å². The van der Waals surface area contributed by atoms with Gasteiger partial charge in [0.25, 0.3) is 0 Å². The van der Waals surface area contributed by atoms with Crippen molar-refractivity contribution in [3.05, 3.63) is 24.3 Å². The average molecular weight is 284 g/mol. The molecule has 1 aliphatic rings. The van der Waals surface area contributed by atoms with E-state index < -0.39 is 10.0 Å². The summed E-state index contributed by atoms with van der Waals surface area (Å²) >= 11 is 0. The van der Waals surface area contributed by atoms with E-state index in [0.29, 0.717) is 19.1 Å². The quantitative estimate of drug-likeness (QED) is 0.903. The zero-order valence-electron chi connectivity index (χ0n) is 11.3. The predicted molar refractivity (Wildman–Crippen MR) is 73.6 cm³/mol. The molecular weight excluding hydrogens is 264 g/mol. The molecule has 1 saturated heterocycles. The highest BCUT2D eigenvalue weighted by Gasteiger charge is 2.29. The maximum Gasteiger partial charge on any atom is 0.243 e. The maximum absolute atomic E-state index is 12.4. The summed E-state index contributed by atoms with van der Waals surface area (Å²) in [4.78, 5) is 2.42. The molecule has 106 valence electrons. The van der Waals surface area contributed by atoms with E-state index in [9.17, 15) is 13.5 Å². The van der Waals surface area contributed by atoms with Gasteiger partial charge in [0.15, 0.2) is 0 Å². The minimum atomic E-state index is -3.49. The molecule has 2 rings (SSSR count). The summed E-state index contributed by atoms with van der Waals surface area (Å²) in [7, 11) is -3.49. The van der Waals surface area contributed by atoms with Crippen LogP contribution in [0, 0.1) is 0 Å². The molecular formula is C13H20N2O3S. The van der Waals surface area contributed by atoms with E-state index in [1.807, 2.05) is 0 Å². The van der Waals surface area contributed by atoms with Crippen molar-refractivity contribution in [2.75, 3.05) is 26.2 Å². The standard InChI is InChI=1S/C13H20N2O3S/c1-11(2)14-6-8-15(9-7-14)19(17,18)13-5-3-4-12(16)10-13/h3-5,10-11,16H,6-9H2,1-2H3. The summed E-state index contributed by atoms with van der Waals surface area (Å²) in [6, 6.07) is 6.27. The molecule has 0 unspecified atom stereocenters. The lowest BCUT2D eigenvalue weighted by Gasteiger charge is -2.36. The van der Waals surface area contributed by atoms with Gasteiger partial charge in [0.1, 0.15) is 5.75 Å². The van der Waals surface area contributed by atoms with Crippen molar-refractivity contribution in [1.29, 1.82) is 0 Å². The van der Waals surface area contributed by atoms with E-state index in [1.54, 1.807) is 6.07 Å². The van der Waals surface area contributed by atoms with Crippen molar-refractivity contribution in [1.82, 2.24) is 9.21 Å². The number of phenols is 1. The first-order valence-corrected chi connectivity index (χ1v) is 7.88. The smallest absolute Gasteiger partial charge is 0.243 e. The fourth-order valence-electron chi connectivity index (χ4n) is 2.25. The zero-order valence-corrected chi connectivity index (χ0v) is 12.1. The van der Waals surface area contributed by atoms with Crippen molar-refractivity contribution in [3.8, 4) is 5.75 Å². The van der Waals surface area contributed by atoms with Gasteiger partial charge in [-0.05, 0) is 32.0 Å². The molecule has 0 atom stereocenters. The predicted octanol–water partition coefficient (Wildman–Crippen LogP) is 1.11. The normalized spacial score (nSPS) is 18.9. The highest BCUT2D eigenvalue weighted by Crippen LogP contribution is 2.21. The van der Waals surface area contributed by atoms with Gasteiger partial charge in [0, 0.05) is 32.2 Å². The van der Waals surface area contributed by atoms with Crippen LogP contribution in [0.4, 0.5) is 0 Å². The molecule has 1 aromatic carbocycles. The van der Waals surface area contributed by atoms with Crippen LogP contribution >= 0.6 is 0 Å². The van der Waals surface area contributed by atoms with Crippen molar-refractivity contribution in [2.24, 2.45) is 0 Å². The van der Waals surface area contributed by atoms with Crippen LogP contribution in [0.5, 0.6) is 5.75 Å². The van der Waals surface area contributed by atoms with E-state index in [2.05, 4.69) is 18.7 Å². The fraction of sp³-hybridized carbons (Fsp3) is 0.538. The van der Waals surface area contributed by atoms with Gasteiger partial charge >= 0.3 is 0 Å². The molecule has 0 saturated carbocycles. The lowest BCUT2D eigenvalue weighted by Crippen LogP contribution is -2.50. The maximum atomic E-state index is 12.4. The summed E-state index contributed by atoms with van der Waals surface area (Å²) in [5, 5.41) is 9.40. The Kier molecular flexibility index (Phi) is 4.13. The molecule has 0 aliphatic carbocycles. The topological polar surface area (TPSA) is 60.9 Å². The number of rotatable bonds is 3. The van der Waals surface area contributed by atoms with Crippen LogP contribution in [-0.2, 0) is 10.0 Å². The number of sulfonamides is 1. The van der Waals surface area contributed by atoms with Crippen LogP contribution in [0.2, 0.25) is 0 Å². The third-order valence-corrected chi connectivity index (χ3v) is 5.35. The molecule has 1 N–H and O–H groups in total. The SMILES string of the molecule is CC(C)N1CCN(S(=O)(=O)c2cccc(O)c2)CC1. The van der Waals surface area contributed by atoms with E-state index in [1.165, 1.54) is 22.5 Å².